The zero-order valence-electron chi connectivity index (χ0n) is 9.73. The average Bonchev–Trinajstić information content (AvgIpc) is 2.27. The molecule has 1 aromatic heterocycles. The maximum absolute atomic E-state index is 12.8. The monoisotopic (exact) mass is 316 g/mol. The topological polar surface area (TPSA) is 103 Å². The average molecular weight is 316 g/mol. The van der Waals surface area contributed by atoms with Crippen LogP contribution in [0.25, 0.3) is 0 Å². The van der Waals surface area contributed by atoms with Crippen LogP contribution < -0.4 is 4.74 Å². The molecule has 0 aliphatic carbocycles. The Bertz CT molecular complexity index is 574. The lowest BCUT2D eigenvalue weighted by Crippen LogP contribution is -2.20. The first-order valence-corrected chi connectivity index (χ1v) is 4.94. The molecule has 1 aromatic rings. The van der Waals surface area contributed by atoms with E-state index in [4.69, 9.17) is 5.11 Å². The van der Waals surface area contributed by atoms with Crippen LogP contribution in [-0.4, -0.2) is 27.3 Å². The largest absolute Gasteiger partial charge is 0.574 e. The van der Waals surface area contributed by atoms with Crippen LogP contribution in [-0.2, 0) is 11.2 Å². The third-order valence-electron chi connectivity index (χ3n) is 2.08. The molecule has 1 rings (SSSR count). The Hall–Kier alpha value is -2.53. The fourth-order valence-corrected chi connectivity index (χ4v) is 1.44. The van der Waals surface area contributed by atoms with Crippen LogP contribution in [0.3, 0.4) is 0 Å². The number of pyridine rings is 1. The summed E-state index contributed by atoms with van der Waals surface area (Å²) in [4.78, 5) is 22.7. The van der Waals surface area contributed by atoms with E-state index in [0.29, 0.717) is 6.20 Å². The highest BCUT2D eigenvalue weighted by Crippen LogP contribution is 2.39. The van der Waals surface area contributed by atoms with Gasteiger partial charge in [0, 0.05) is 6.20 Å². The molecule has 0 aliphatic heterocycles. The lowest BCUT2D eigenvalue weighted by atomic mass is 10.1. The first-order valence-electron chi connectivity index (χ1n) is 4.94. The predicted molar refractivity (Wildman–Crippen MR) is 53.9 cm³/mol. The van der Waals surface area contributed by atoms with Crippen molar-refractivity contribution in [2.45, 2.75) is 19.2 Å². The number of nitro groups is 1. The second kappa shape index (κ2) is 5.85. The van der Waals surface area contributed by atoms with E-state index in [0.717, 1.165) is 0 Å². The van der Waals surface area contributed by atoms with Crippen LogP contribution in [0.2, 0.25) is 0 Å². The summed E-state index contributed by atoms with van der Waals surface area (Å²) in [6.07, 6.45) is -9.79. The summed E-state index contributed by atoms with van der Waals surface area (Å²) in [6.45, 7) is 0. The molecule has 1 heterocycles. The molecule has 0 radical (unpaired) electrons. The van der Waals surface area contributed by atoms with Gasteiger partial charge in [-0.2, -0.15) is 0 Å². The molecule has 0 spiro atoms. The first kappa shape index (κ1) is 16.5. The standard InChI is InChI=1S/C9H5F5N2O5/c10-7(11)5-6(16(19)20)3(1-4(17)18)2-15-8(5)21-9(12,13)14/h2,7H,1H2,(H,17,18). The van der Waals surface area contributed by atoms with Crippen LogP contribution >= 0.6 is 0 Å². The molecule has 0 saturated carbocycles. The zero-order chi connectivity index (χ0) is 16.4. The van der Waals surface area contributed by atoms with Gasteiger partial charge in [-0.25, -0.2) is 13.8 Å². The van der Waals surface area contributed by atoms with Crippen LogP contribution in [0.5, 0.6) is 5.88 Å². The minimum absolute atomic E-state index is 0.374. The molecule has 0 fully saturated rings. The first-order chi connectivity index (χ1) is 9.53. The molecule has 12 heteroatoms. The number of rotatable bonds is 5. The van der Waals surface area contributed by atoms with Crippen molar-refractivity contribution < 1.29 is 41.5 Å². The lowest BCUT2D eigenvalue weighted by Gasteiger charge is -2.13. The van der Waals surface area contributed by atoms with Gasteiger partial charge in [-0.3, -0.25) is 14.9 Å². The normalized spacial score (nSPS) is 11.5. The molecule has 0 bridgehead atoms. The zero-order valence-corrected chi connectivity index (χ0v) is 9.73. The van der Waals surface area contributed by atoms with Gasteiger partial charge in [-0.1, -0.05) is 0 Å². The van der Waals surface area contributed by atoms with E-state index in [1.54, 1.807) is 0 Å². The molecule has 0 amide bonds. The number of carboxylic acids is 1. The van der Waals surface area contributed by atoms with Crippen molar-refractivity contribution in [3.63, 3.8) is 0 Å². The second-order valence-corrected chi connectivity index (χ2v) is 3.53. The Morgan fingerprint density at radius 3 is 2.43 bits per heavy atom. The number of aromatic nitrogens is 1. The number of nitrogens with zero attached hydrogens (tertiary/aromatic N) is 2. The van der Waals surface area contributed by atoms with E-state index in [1.165, 1.54) is 0 Å². The fourth-order valence-electron chi connectivity index (χ4n) is 1.44. The van der Waals surface area contributed by atoms with Crippen molar-refractivity contribution in [2.24, 2.45) is 0 Å². The van der Waals surface area contributed by atoms with Gasteiger partial charge in [-0.15, -0.1) is 13.2 Å². The third-order valence-corrected chi connectivity index (χ3v) is 2.08. The summed E-state index contributed by atoms with van der Waals surface area (Å²) >= 11 is 0. The molecule has 21 heavy (non-hydrogen) atoms. The smallest absolute Gasteiger partial charge is 0.481 e. The van der Waals surface area contributed by atoms with Gasteiger partial charge in [-0.05, 0) is 0 Å². The maximum Gasteiger partial charge on any atom is 0.574 e. The van der Waals surface area contributed by atoms with Crippen LogP contribution in [0.4, 0.5) is 27.6 Å². The van der Waals surface area contributed by atoms with Crippen molar-refractivity contribution in [1.29, 1.82) is 0 Å². The van der Waals surface area contributed by atoms with Gasteiger partial charge in [0.1, 0.15) is 0 Å². The molecule has 7 nitrogen and oxygen atoms in total. The summed E-state index contributed by atoms with van der Waals surface area (Å²) in [5.74, 6) is -3.30. The van der Waals surface area contributed by atoms with E-state index >= 15 is 0 Å². The SMILES string of the molecule is O=C(O)Cc1cnc(OC(F)(F)F)c(C(F)F)c1[N+](=O)[O-]. The maximum atomic E-state index is 12.8. The summed E-state index contributed by atoms with van der Waals surface area (Å²) in [7, 11) is 0. The minimum Gasteiger partial charge on any atom is -0.481 e. The van der Waals surface area contributed by atoms with E-state index in [2.05, 4.69) is 9.72 Å². The molecule has 0 saturated heterocycles. The summed E-state index contributed by atoms with van der Waals surface area (Å²) < 4.78 is 65.0. The predicted octanol–water partition coefficient (Wildman–Crippen LogP) is 2.45. The van der Waals surface area contributed by atoms with Gasteiger partial charge >= 0.3 is 12.3 Å². The summed E-state index contributed by atoms with van der Waals surface area (Å²) in [5.41, 5.74) is -3.96. The highest BCUT2D eigenvalue weighted by molar-refractivity contribution is 5.72. The highest BCUT2D eigenvalue weighted by Gasteiger charge is 2.38. The van der Waals surface area contributed by atoms with E-state index in [9.17, 15) is 36.9 Å². The number of alkyl halides is 5. The number of carbonyl (C=O) groups is 1. The molecule has 0 aliphatic rings. The molecule has 0 atom stereocenters. The van der Waals surface area contributed by atoms with E-state index in [-0.39, 0.29) is 0 Å². The minimum atomic E-state index is -5.39. The fraction of sp³-hybridized carbons (Fsp3) is 0.333. The quantitative estimate of drug-likeness (QED) is 0.508. The Kier molecular flexibility index (Phi) is 4.60. The van der Waals surface area contributed by atoms with Gasteiger partial charge in [0.2, 0.25) is 5.88 Å². The van der Waals surface area contributed by atoms with Crippen molar-refractivity contribution in [2.75, 3.05) is 0 Å². The van der Waals surface area contributed by atoms with Gasteiger partial charge in [0.25, 0.3) is 12.1 Å². The molecule has 0 unspecified atom stereocenters. The summed E-state index contributed by atoms with van der Waals surface area (Å²) in [6, 6.07) is 0. The van der Waals surface area contributed by atoms with Crippen LogP contribution in [0, 0.1) is 10.1 Å². The van der Waals surface area contributed by atoms with Crippen molar-refractivity contribution >= 4 is 11.7 Å². The molecular weight excluding hydrogens is 311 g/mol. The molecule has 1 N–H and O–H groups in total. The Morgan fingerprint density at radius 2 is 2.05 bits per heavy atom. The number of halogens is 5. The van der Waals surface area contributed by atoms with Gasteiger partial charge in [0.15, 0.2) is 5.56 Å². The third kappa shape index (κ3) is 4.22. The van der Waals surface area contributed by atoms with Gasteiger partial charge < -0.3 is 9.84 Å². The van der Waals surface area contributed by atoms with E-state index in [1.807, 2.05) is 0 Å². The van der Waals surface area contributed by atoms with Crippen molar-refractivity contribution in [3.8, 4) is 5.88 Å². The summed E-state index contributed by atoms with van der Waals surface area (Å²) in [5, 5.41) is 19.3. The lowest BCUT2D eigenvalue weighted by molar-refractivity contribution is -0.387. The number of carboxylic acid groups (broad SMARTS) is 1. The number of hydrogen-bond acceptors (Lipinski definition) is 5. The Morgan fingerprint density at radius 1 is 1.48 bits per heavy atom. The van der Waals surface area contributed by atoms with Gasteiger partial charge in [0.05, 0.1) is 16.9 Å². The Balaban J connectivity index is 3.53. The van der Waals surface area contributed by atoms with E-state index < -0.39 is 52.8 Å². The number of ether oxygens (including phenoxy) is 1. The van der Waals surface area contributed by atoms with Crippen LogP contribution in [0.1, 0.15) is 17.6 Å². The second-order valence-electron chi connectivity index (χ2n) is 3.53. The molecular formula is C9H5F5N2O5. The molecule has 0 aromatic carbocycles. The van der Waals surface area contributed by atoms with Crippen molar-refractivity contribution in [1.82, 2.24) is 4.98 Å². The van der Waals surface area contributed by atoms with Crippen molar-refractivity contribution in [3.05, 3.63) is 27.4 Å². The number of aliphatic carboxylic acids is 1. The number of hydrogen-bond donors (Lipinski definition) is 1. The molecule has 116 valence electrons. The van der Waals surface area contributed by atoms with Crippen LogP contribution in [0.15, 0.2) is 6.20 Å². The highest BCUT2D eigenvalue weighted by atomic mass is 19.4. The Labute approximate surface area is 112 Å².